The number of hydrogen-bond donors (Lipinski definition) is 3. The van der Waals surface area contributed by atoms with Gasteiger partial charge in [-0.2, -0.15) is 0 Å². The summed E-state index contributed by atoms with van der Waals surface area (Å²) in [6.07, 6.45) is 2.16. The Labute approximate surface area is 110 Å². The molecule has 0 aromatic rings. The van der Waals surface area contributed by atoms with Crippen LogP contribution < -0.4 is 0 Å². The third kappa shape index (κ3) is 2.00. The van der Waals surface area contributed by atoms with E-state index in [0.29, 0.717) is 18.8 Å². The number of rotatable bonds is 1. The van der Waals surface area contributed by atoms with Gasteiger partial charge < -0.3 is 15.3 Å². The van der Waals surface area contributed by atoms with Gasteiger partial charge in [0, 0.05) is 11.3 Å². The lowest BCUT2D eigenvalue weighted by atomic mass is 9.50. The highest BCUT2D eigenvalue weighted by Gasteiger charge is 2.59. The summed E-state index contributed by atoms with van der Waals surface area (Å²) in [6.45, 7) is 8.12. The summed E-state index contributed by atoms with van der Waals surface area (Å²) in [4.78, 5) is 0. The highest BCUT2D eigenvalue weighted by atomic mass is 16.3. The second-order valence-corrected chi connectivity index (χ2v) is 7.33. The Kier molecular flexibility index (Phi) is 3.54. The minimum absolute atomic E-state index is 0.213. The standard InChI is InChI=1S/C15H28O3/c1-9(2)10-5-7-14(3)11(16)6-8-15(4,18)13(14)12(10)17/h9-13,16-18H,5-8H2,1-4H3/t10-,11+,12-,13+,14-,15-/m1/s1. The van der Waals surface area contributed by atoms with Gasteiger partial charge in [-0.1, -0.05) is 20.8 Å². The quantitative estimate of drug-likeness (QED) is 0.672. The van der Waals surface area contributed by atoms with Gasteiger partial charge >= 0.3 is 0 Å². The Balaban J connectivity index is 2.35. The van der Waals surface area contributed by atoms with Crippen molar-refractivity contribution in [1.82, 2.24) is 0 Å². The van der Waals surface area contributed by atoms with E-state index in [1.807, 2.05) is 13.8 Å². The molecule has 0 aromatic carbocycles. The summed E-state index contributed by atoms with van der Waals surface area (Å²) in [5.74, 6) is 0.439. The maximum Gasteiger partial charge on any atom is 0.0679 e. The first-order valence-electron chi connectivity index (χ1n) is 7.28. The van der Waals surface area contributed by atoms with Gasteiger partial charge in [-0.15, -0.1) is 0 Å². The average molecular weight is 256 g/mol. The van der Waals surface area contributed by atoms with Crippen LogP contribution in [0.15, 0.2) is 0 Å². The van der Waals surface area contributed by atoms with Crippen molar-refractivity contribution in [2.45, 2.75) is 71.2 Å². The van der Waals surface area contributed by atoms with Gasteiger partial charge in [0.05, 0.1) is 17.8 Å². The van der Waals surface area contributed by atoms with Crippen molar-refractivity contribution in [2.75, 3.05) is 0 Å². The molecule has 0 aliphatic heterocycles. The molecule has 6 atom stereocenters. The van der Waals surface area contributed by atoms with Gasteiger partial charge in [0.15, 0.2) is 0 Å². The molecule has 2 fully saturated rings. The Morgan fingerprint density at radius 2 is 1.67 bits per heavy atom. The van der Waals surface area contributed by atoms with Gasteiger partial charge in [0.1, 0.15) is 0 Å². The summed E-state index contributed by atoms with van der Waals surface area (Å²) in [7, 11) is 0. The maximum absolute atomic E-state index is 10.7. The number of hydrogen-bond acceptors (Lipinski definition) is 3. The Bertz CT molecular complexity index is 313. The minimum Gasteiger partial charge on any atom is -0.393 e. The number of aliphatic hydroxyl groups is 3. The topological polar surface area (TPSA) is 60.7 Å². The van der Waals surface area contributed by atoms with E-state index in [1.54, 1.807) is 0 Å². The first kappa shape index (κ1) is 14.3. The Hall–Kier alpha value is -0.120. The van der Waals surface area contributed by atoms with Crippen molar-refractivity contribution in [3.8, 4) is 0 Å². The largest absolute Gasteiger partial charge is 0.393 e. The van der Waals surface area contributed by atoms with Crippen molar-refractivity contribution in [1.29, 1.82) is 0 Å². The van der Waals surface area contributed by atoms with E-state index in [9.17, 15) is 15.3 Å². The molecule has 0 bridgehead atoms. The molecule has 2 saturated carbocycles. The van der Waals surface area contributed by atoms with E-state index >= 15 is 0 Å². The highest BCUT2D eigenvalue weighted by molar-refractivity contribution is 5.08. The lowest BCUT2D eigenvalue weighted by molar-refractivity contribution is -0.219. The molecule has 3 nitrogen and oxygen atoms in total. The fraction of sp³-hybridized carbons (Fsp3) is 1.00. The summed E-state index contributed by atoms with van der Waals surface area (Å²) in [6, 6.07) is 0. The van der Waals surface area contributed by atoms with E-state index in [2.05, 4.69) is 13.8 Å². The molecule has 2 aliphatic carbocycles. The molecule has 0 amide bonds. The Morgan fingerprint density at radius 1 is 1.06 bits per heavy atom. The molecule has 2 rings (SSSR count). The zero-order chi connectivity index (χ0) is 13.7. The second kappa shape index (κ2) is 4.46. The van der Waals surface area contributed by atoms with Gasteiger partial charge in [0.25, 0.3) is 0 Å². The van der Waals surface area contributed by atoms with E-state index in [0.717, 1.165) is 12.8 Å². The van der Waals surface area contributed by atoms with Gasteiger partial charge in [-0.05, 0) is 44.4 Å². The predicted octanol–water partition coefficient (Wildman–Crippen LogP) is 1.94. The summed E-state index contributed by atoms with van der Waals surface area (Å²) < 4.78 is 0. The van der Waals surface area contributed by atoms with E-state index < -0.39 is 17.8 Å². The molecule has 0 aromatic heterocycles. The van der Waals surface area contributed by atoms with Crippen molar-refractivity contribution in [2.24, 2.45) is 23.2 Å². The van der Waals surface area contributed by atoms with Crippen molar-refractivity contribution >= 4 is 0 Å². The van der Waals surface area contributed by atoms with Crippen molar-refractivity contribution in [3.05, 3.63) is 0 Å². The van der Waals surface area contributed by atoms with Crippen LogP contribution in [0.2, 0.25) is 0 Å². The van der Waals surface area contributed by atoms with Crippen LogP contribution in [-0.2, 0) is 0 Å². The third-order valence-corrected chi connectivity index (χ3v) is 5.72. The van der Waals surface area contributed by atoms with Gasteiger partial charge in [0.2, 0.25) is 0 Å². The SMILES string of the molecule is CC(C)[C@H]1CC[C@]2(C)[C@@H](O)CC[C@@](C)(O)[C@H]2[C@@H]1O. The normalized spacial score (nSPS) is 53.3. The average Bonchev–Trinajstić information content (AvgIpc) is 2.23. The molecule has 3 N–H and O–H groups in total. The van der Waals surface area contributed by atoms with Crippen LogP contribution in [-0.4, -0.2) is 33.1 Å². The van der Waals surface area contributed by atoms with Crippen LogP contribution >= 0.6 is 0 Å². The zero-order valence-electron chi connectivity index (χ0n) is 12.1. The molecule has 0 radical (unpaired) electrons. The molecule has 0 spiro atoms. The molecular weight excluding hydrogens is 228 g/mol. The zero-order valence-corrected chi connectivity index (χ0v) is 12.1. The summed E-state index contributed by atoms with van der Waals surface area (Å²) in [5, 5.41) is 31.6. The van der Waals surface area contributed by atoms with E-state index in [4.69, 9.17) is 0 Å². The van der Waals surface area contributed by atoms with Crippen LogP contribution in [0, 0.1) is 23.2 Å². The third-order valence-electron chi connectivity index (χ3n) is 5.72. The fourth-order valence-corrected chi connectivity index (χ4v) is 4.54. The molecule has 2 aliphatic rings. The van der Waals surface area contributed by atoms with Crippen molar-refractivity contribution < 1.29 is 15.3 Å². The van der Waals surface area contributed by atoms with Crippen LogP contribution in [0.4, 0.5) is 0 Å². The van der Waals surface area contributed by atoms with Crippen LogP contribution in [0.25, 0.3) is 0 Å². The second-order valence-electron chi connectivity index (χ2n) is 7.33. The molecule has 18 heavy (non-hydrogen) atoms. The lowest BCUT2D eigenvalue weighted by Crippen LogP contribution is -2.63. The van der Waals surface area contributed by atoms with Crippen molar-refractivity contribution in [3.63, 3.8) is 0 Å². The summed E-state index contributed by atoms with van der Waals surface area (Å²) >= 11 is 0. The van der Waals surface area contributed by atoms with Gasteiger partial charge in [-0.25, -0.2) is 0 Å². The fourth-order valence-electron chi connectivity index (χ4n) is 4.54. The van der Waals surface area contributed by atoms with Crippen LogP contribution in [0.5, 0.6) is 0 Å². The van der Waals surface area contributed by atoms with Gasteiger partial charge in [-0.3, -0.25) is 0 Å². The first-order valence-corrected chi connectivity index (χ1v) is 7.28. The summed E-state index contributed by atoms with van der Waals surface area (Å²) in [5.41, 5.74) is -1.20. The monoisotopic (exact) mass is 256 g/mol. The first-order chi connectivity index (χ1) is 8.20. The van der Waals surface area contributed by atoms with E-state index in [-0.39, 0.29) is 17.3 Å². The van der Waals surface area contributed by atoms with Crippen LogP contribution in [0.3, 0.4) is 0 Å². The molecule has 0 heterocycles. The predicted molar refractivity (Wildman–Crippen MR) is 71.0 cm³/mol. The Morgan fingerprint density at radius 3 is 2.22 bits per heavy atom. The van der Waals surface area contributed by atoms with E-state index in [1.165, 1.54) is 0 Å². The highest BCUT2D eigenvalue weighted by Crippen LogP contribution is 2.56. The molecule has 0 saturated heterocycles. The maximum atomic E-state index is 10.7. The molecule has 106 valence electrons. The molecule has 0 unspecified atom stereocenters. The number of fused-ring (bicyclic) bond motifs is 1. The molecule has 3 heteroatoms. The number of aliphatic hydroxyl groups excluding tert-OH is 2. The molecular formula is C15H28O3. The minimum atomic E-state index is -0.860. The lowest BCUT2D eigenvalue weighted by Gasteiger charge is -2.58. The smallest absolute Gasteiger partial charge is 0.0679 e. The van der Waals surface area contributed by atoms with Crippen LogP contribution in [0.1, 0.15) is 53.4 Å².